The second kappa shape index (κ2) is 4.92. The van der Waals surface area contributed by atoms with E-state index in [-0.39, 0.29) is 0 Å². The van der Waals surface area contributed by atoms with Crippen molar-refractivity contribution in [2.75, 3.05) is 0 Å². The Balaban J connectivity index is 2.29. The Labute approximate surface area is 95.9 Å². The van der Waals surface area contributed by atoms with Crippen LogP contribution in [0, 0.1) is 0 Å². The van der Waals surface area contributed by atoms with Gasteiger partial charge in [-0.15, -0.1) is 0 Å². The van der Waals surface area contributed by atoms with E-state index in [9.17, 15) is 0 Å². The quantitative estimate of drug-likeness (QED) is 0.852. The standard InChI is InChI=1S/C13H17N3/c1-3-11(10-8-6-5-7-9-10)13-14-12(4-2)15-16-13/h5-9,11H,3-4H2,1-2H3,(H,14,15,16). The minimum Gasteiger partial charge on any atom is -0.263 e. The van der Waals surface area contributed by atoms with Crippen LogP contribution in [-0.2, 0) is 6.42 Å². The third-order valence-corrected chi connectivity index (χ3v) is 2.81. The van der Waals surface area contributed by atoms with Crippen molar-refractivity contribution in [1.29, 1.82) is 0 Å². The van der Waals surface area contributed by atoms with Gasteiger partial charge in [-0.1, -0.05) is 44.2 Å². The maximum absolute atomic E-state index is 4.51. The molecule has 3 heteroatoms. The Morgan fingerprint density at radius 2 is 1.94 bits per heavy atom. The third-order valence-electron chi connectivity index (χ3n) is 2.81. The molecule has 1 aromatic carbocycles. The first-order chi connectivity index (χ1) is 7.85. The van der Waals surface area contributed by atoms with Gasteiger partial charge in [0.15, 0.2) is 5.82 Å². The highest BCUT2D eigenvalue weighted by molar-refractivity contribution is 5.25. The number of benzene rings is 1. The minimum absolute atomic E-state index is 0.303. The van der Waals surface area contributed by atoms with E-state index in [1.165, 1.54) is 5.56 Å². The largest absolute Gasteiger partial charge is 0.263 e. The molecule has 0 amide bonds. The molecule has 0 aliphatic carbocycles. The van der Waals surface area contributed by atoms with Crippen molar-refractivity contribution in [2.24, 2.45) is 0 Å². The van der Waals surface area contributed by atoms with Gasteiger partial charge in [0.25, 0.3) is 0 Å². The molecule has 16 heavy (non-hydrogen) atoms. The molecule has 0 bridgehead atoms. The SMILES string of the molecule is CCc1nc(C(CC)c2ccccc2)n[nH]1. The van der Waals surface area contributed by atoms with Gasteiger partial charge in [-0.3, -0.25) is 5.10 Å². The van der Waals surface area contributed by atoms with Gasteiger partial charge in [-0.25, -0.2) is 4.98 Å². The maximum Gasteiger partial charge on any atom is 0.158 e. The molecule has 2 aromatic rings. The zero-order valence-corrected chi connectivity index (χ0v) is 9.77. The van der Waals surface area contributed by atoms with Gasteiger partial charge in [0.2, 0.25) is 0 Å². The number of aryl methyl sites for hydroxylation is 1. The molecule has 1 atom stereocenters. The molecule has 1 heterocycles. The van der Waals surface area contributed by atoms with Crippen molar-refractivity contribution >= 4 is 0 Å². The van der Waals surface area contributed by atoms with Crippen LogP contribution in [0.25, 0.3) is 0 Å². The predicted molar refractivity (Wildman–Crippen MR) is 64.3 cm³/mol. The van der Waals surface area contributed by atoms with Crippen LogP contribution in [-0.4, -0.2) is 15.2 Å². The number of H-pyrrole nitrogens is 1. The topological polar surface area (TPSA) is 41.6 Å². The molecular weight excluding hydrogens is 198 g/mol. The monoisotopic (exact) mass is 215 g/mol. The number of aromatic amines is 1. The predicted octanol–water partition coefficient (Wildman–Crippen LogP) is 2.91. The average molecular weight is 215 g/mol. The van der Waals surface area contributed by atoms with Crippen molar-refractivity contribution in [1.82, 2.24) is 15.2 Å². The fourth-order valence-electron chi connectivity index (χ4n) is 1.88. The molecule has 1 N–H and O–H groups in total. The average Bonchev–Trinajstić information content (AvgIpc) is 2.80. The van der Waals surface area contributed by atoms with Crippen LogP contribution in [0.1, 0.15) is 43.4 Å². The molecule has 0 saturated carbocycles. The summed E-state index contributed by atoms with van der Waals surface area (Å²) in [6.45, 7) is 4.24. The van der Waals surface area contributed by atoms with E-state index in [1.807, 2.05) is 6.07 Å². The zero-order chi connectivity index (χ0) is 11.4. The lowest BCUT2D eigenvalue weighted by Crippen LogP contribution is -2.02. The molecule has 0 aliphatic rings. The van der Waals surface area contributed by atoms with Crippen LogP contribution in [0.15, 0.2) is 30.3 Å². The summed E-state index contributed by atoms with van der Waals surface area (Å²) >= 11 is 0. The van der Waals surface area contributed by atoms with Gasteiger partial charge >= 0.3 is 0 Å². The Morgan fingerprint density at radius 3 is 2.50 bits per heavy atom. The van der Waals surface area contributed by atoms with Crippen LogP contribution in [0.4, 0.5) is 0 Å². The van der Waals surface area contributed by atoms with E-state index in [1.54, 1.807) is 0 Å². The summed E-state index contributed by atoms with van der Waals surface area (Å²) in [7, 11) is 0. The minimum atomic E-state index is 0.303. The first-order valence-corrected chi connectivity index (χ1v) is 5.81. The van der Waals surface area contributed by atoms with Crippen LogP contribution in [0.2, 0.25) is 0 Å². The van der Waals surface area contributed by atoms with Gasteiger partial charge in [-0.05, 0) is 12.0 Å². The van der Waals surface area contributed by atoms with Gasteiger partial charge < -0.3 is 0 Å². The Hall–Kier alpha value is -1.64. The lowest BCUT2D eigenvalue weighted by molar-refractivity contribution is 0.720. The number of nitrogens with zero attached hydrogens (tertiary/aromatic N) is 2. The summed E-state index contributed by atoms with van der Waals surface area (Å²) in [5.41, 5.74) is 1.28. The number of aromatic nitrogens is 3. The summed E-state index contributed by atoms with van der Waals surface area (Å²) in [5, 5.41) is 7.28. The lowest BCUT2D eigenvalue weighted by Gasteiger charge is -2.10. The van der Waals surface area contributed by atoms with E-state index < -0.39 is 0 Å². The Bertz CT molecular complexity index is 433. The number of nitrogens with one attached hydrogen (secondary N) is 1. The molecule has 84 valence electrons. The Morgan fingerprint density at radius 1 is 1.19 bits per heavy atom. The first kappa shape index (κ1) is 10.9. The van der Waals surface area contributed by atoms with Crippen molar-refractivity contribution in [3.63, 3.8) is 0 Å². The zero-order valence-electron chi connectivity index (χ0n) is 9.77. The molecule has 3 nitrogen and oxygen atoms in total. The first-order valence-electron chi connectivity index (χ1n) is 5.81. The van der Waals surface area contributed by atoms with Gasteiger partial charge in [0.05, 0.1) is 0 Å². The molecule has 0 radical (unpaired) electrons. The van der Waals surface area contributed by atoms with Crippen molar-refractivity contribution in [3.8, 4) is 0 Å². The number of rotatable bonds is 4. The number of hydrogen-bond acceptors (Lipinski definition) is 2. The van der Waals surface area contributed by atoms with E-state index in [0.717, 1.165) is 24.5 Å². The normalized spacial score (nSPS) is 12.6. The molecule has 0 aliphatic heterocycles. The summed E-state index contributed by atoms with van der Waals surface area (Å²) in [6.07, 6.45) is 1.92. The summed E-state index contributed by atoms with van der Waals surface area (Å²) < 4.78 is 0. The second-order valence-corrected chi connectivity index (χ2v) is 3.87. The fourth-order valence-corrected chi connectivity index (χ4v) is 1.88. The highest BCUT2D eigenvalue weighted by Gasteiger charge is 2.16. The molecule has 1 aromatic heterocycles. The van der Waals surface area contributed by atoms with Crippen molar-refractivity contribution in [2.45, 2.75) is 32.6 Å². The van der Waals surface area contributed by atoms with Gasteiger partial charge in [-0.2, -0.15) is 5.10 Å². The van der Waals surface area contributed by atoms with Crippen LogP contribution < -0.4 is 0 Å². The fraction of sp³-hybridized carbons (Fsp3) is 0.385. The summed E-state index contributed by atoms with van der Waals surface area (Å²) in [5.74, 6) is 2.17. The smallest absolute Gasteiger partial charge is 0.158 e. The second-order valence-electron chi connectivity index (χ2n) is 3.87. The summed E-state index contributed by atoms with van der Waals surface area (Å²) in [6, 6.07) is 10.4. The lowest BCUT2D eigenvalue weighted by atomic mass is 9.96. The molecule has 1 unspecified atom stereocenters. The van der Waals surface area contributed by atoms with Gasteiger partial charge in [0.1, 0.15) is 5.82 Å². The van der Waals surface area contributed by atoms with E-state index in [0.29, 0.717) is 5.92 Å². The van der Waals surface area contributed by atoms with Crippen LogP contribution in [0.3, 0.4) is 0 Å². The van der Waals surface area contributed by atoms with Crippen LogP contribution >= 0.6 is 0 Å². The molecule has 2 rings (SSSR count). The van der Waals surface area contributed by atoms with Crippen molar-refractivity contribution in [3.05, 3.63) is 47.5 Å². The molecular formula is C13H17N3. The van der Waals surface area contributed by atoms with Crippen molar-refractivity contribution < 1.29 is 0 Å². The van der Waals surface area contributed by atoms with Gasteiger partial charge in [0, 0.05) is 12.3 Å². The molecule has 0 spiro atoms. The highest BCUT2D eigenvalue weighted by Crippen LogP contribution is 2.24. The third kappa shape index (κ3) is 2.13. The van der Waals surface area contributed by atoms with E-state index in [2.05, 4.69) is 53.3 Å². The molecule has 0 saturated heterocycles. The highest BCUT2D eigenvalue weighted by atomic mass is 15.2. The maximum atomic E-state index is 4.51. The summed E-state index contributed by atoms with van der Waals surface area (Å²) in [4.78, 5) is 4.51. The van der Waals surface area contributed by atoms with Crippen LogP contribution in [0.5, 0.6) is 0 Å². The Kier molecular flexibility index (Phi) is 3.34. The van der Waals surface area contributed by atoms with E-state index in [4.69, 9.17) is 0 Å². The molecule has 0 fully saturated rings. The van der Waals surface area contributed by atoms with E-state index >= 15 is 0 Å². The number of hydrogen-bond donors (Lipinski definition) is 1.